The fraction of sp³-hybridized carbons (Fsp3) is 0.231. The van der Waals surface area contributed by atoms with Crippen LogP contribution in [0, 0.1) is 0 Å². The number of benzene rings is 1. The van der Waals surface area contributed by atoms with E-state index in [1.807, 2.05) is 18.6 Å². The van der Waals surface area contributed by atoms with Crippen LogP contribution in [0.5, 0.6) is 11.5 Å². The number of nitrogens with zero attached hydrogens (tertiary/aromatic N) is 2. The fourth-order valence-electron chi connectivity index (χ4n) is 1.56. The van der Waals surface area contributed by atoms with Gasteiger partial charge in [-0.15, -0.1) is 11.3 Å². The van der Waals surface area contributed by atoms with Crippen molar-refractivity contribution in [3.05, 3.63) is 40.1 Å². The summed E-state index contributed by atoms with van der Waals surface area (Å²) < 4.78 is 12.1. The van der Waals surface area contributed by atoms with Gasteiger partial charge in [-0.05, 0) is 12.1 Å². The monoisotopic (exact) mass is 278 g/mol. The van der Waals surface area contributed by atoms with Crippen molar-refractivity contribution in [2.24, 2.45) is 12.0 Å². The molecule has 0 N–H and O–H groups in total. The molecule has 0 bridgehead atoms. The molecule has 0 fully saturated rings. The highest BCUT2D eigenvalue weighted by molar-refractivity contribution is 7.07. The van der Waals surface area contributed by atoms with Gasteiger partial charge in [-0.1, -0.05) is 0 Å². The van der Waals surface area contributed by atoms with Crippen LogP contribution in [0.25, 0.3) is 0 Å². The topological polar surface area (TPSA) is 52.8 Å². The van der Waals surface area contributed by atoms with Gasteiger partial charge < -0.3 is 14.0 Å². The number of aromatic nitrogens is 1. The Balaban J connectivity index is 2.42. The minimum Gasteiger partial charge on any atom is -0.497 e. The van der Waals surface area contributed by atoms with Crippen molar-refractivity contribution < 1.29 is 14.3 Å². The predicted octanol–water partition coefficient (Wildman–Crippen LogP) is 1.84. The molecule has 1 amide bonds. The number of hydrogen-bond donors (Lipinski definition) is 0. The number of methoxy groups -OCH3 is 2. The maximum Gasteiger partial charge on any atom is 0.283 e. The first-order valence-electron chi connectivity index (χ1n) is 5.57. The van der Waals surface area contributed by atoms with Crippen LogP contribution in [0.3, 0.4) is 0 Å². The predicted molar refractivity (Wildman–Crippen MR) is 72.7 cm³/mol. The molecule has 1 aromatic heterocycles. The number of hydrogen-bond acceptors (Lipinski definition) is 4. The van der Waals surface area contributed by atoms with Crippen molar-refractivity contribution >= 4 is 17.2 Å². The summed E-state index contributed by atoms with van der Waals surface area (Å²) >= 11 is 1.40. The van der Waals surface area contributed by atoms with E-state index in [4.69, 9.17) is 9.47 Å². The van der Waals surface area contributed by atoms with E-state index < -0.39 is 0 Å². The number of carbonyl (C=O) groups is 1. The number of ether oxygens (including phenoxy) is 2. The largest absolute Gasteiger partial charge is 0.497 e. The van der Waals surface area contributed by atoms with Crippen LogP contribution in [0.2, 0.25) is 0 Å². The number of thiazole rings is 1. The summed E-state index contributed by atoms with van der Waals surface area (Å²) in [5.74, 6) is 0.750. The van der Waals surface area contributed by atoms with Crippen molar-refractivity contribution in [2.75, 3.05) is 14.2 Å². The molecule has 0 aliphatic heterocycles. The van der Waals surface area contributed by atoms with Crippen LogP contribution >= 0.6 is 11.3 Å². The molecule has 2 rings (SSSR count). The van der Waals surface area contributed by atoms with Gasteiger partial charge in [0, 0.05) is 24.7 Å². The molecule has 0 spiro atoms. The Hall–Kier alpha value is -2.08. The summed E-state index contributed by atoms with van der Waals surface area (Å²) in [5, 5.41) is 1.87. The van der Waals surface area contributed by atoms with E-state index in [1.54, 1.807) is 29.9 Å². The Morgan fingerprint density at radius 1 is 1.32 bits per heavy atom. The number of amides is 1. The lowest BCUT2D eigenvalue weighted by Crippen LogP contribution is -2.13. The van der Waals surface area contributed by atoms with Crippen LogP contribution in [0.15, 0.2) is 34.8 Å². The van der Waals surface area contributed by atoms with Gasteiger partial charge in [0.25, 0.3) is 5.91 Å². The maximum absolute atomic E-state index is 12.1. The molecular formula is C13H14N2O3S. The summed E-state index contributed by atoms with van der Waals surface area (Å²) in [4.78, 5) is 16.9. The molecule has 0 unspecified atom stereocenters. The summed E-state index contributed by atoms with van der Waals surface area (Å²) in [5.41, 5.74) is 0.414. The fourth-order valence-corrected chi connectivity index (χ4v) is 2.28. The Morgan fingerprint density at radius 2 is 2.11 bits per heavy atom. The first kappa shape index (κ1) is 13.4. The van der Waals surface area contributed by atoms with Gasteiger partial charge in [-0.3, -0.25) is 4.79 Å². The highest BCUT2D eigenvalue weighted by Gasteiger charge is 2.12. The Bertz CT molecular complexity index is 658. The normalized spacial score (nSPS) is 11.4. The van der Waals surface area contributed by atoms with Crippen LogP contribution in [-0.4, -0.2) is 24.7 Å². The van der Waals surface area contributed by atoms with Gasteiger partial charge >= 0.3 is 0 Å². The molecule has 19 heavy (non-hydrogen) atoms. The number of carbonyl (C=O) groups excluding carboxylic acids is 1. The summed E-state index contributed by atoms with van der Waals surface area (Å²) in [6.45, 7) is 0. The zero-order valence-corrected chi connectivity index (χ0v) is 11.7. The number of rotatable bonds is 3. The summed E-state index contributed by atoms with van der Waals surface area (Å²) in [6.07, 6.45) is 1.85. The standard InChI is InChI=1S/C13H14N2O3S/c1-15-6-7-19-13(15)14-12(16)10-5-4-9(17-2)8-11(10)18-3/h4-8H,1-3H3. The minimum absolute atomic E-state index is 0.336. The van der Waals surface area contributed by atoms with Crippen molar-refractivity contribution in [2.45, 2.75) is 0 Å². The van der Waals surface area contributed by atoms with Crippen molar-refractivity contribution in [1.82, 2.24) is 4.57 Å². The SMILES string of the molecule is COc1ccc(C(=O)N=c2sccn2C)c(OC)c1. The first-order valence-corrected chi connectivity index (χ1v) is 6.45. The third-order valence-corrected chi connectivity index (χ3v) is 3.44. The molecule has 1 aromatic carbocycles. The average molecular weight is 278 g/mol. The van der Waals surface area contributed by atoms with Gasteiger partial charge in [0.15, 0.2) is 4.80 Å². The first-order chi connectivity index (χ1) is 9.15. The van der Waals surface area contributed by atoms with Gasteiger partial charge in [0.1, 0.15) is 11.5 Å². The zero-order valence-electron chi connectivity index (χ0n) is 10.9. The molecule has 0 aliphatic carbocycles. The quantitative estimate of drug-likeness (QED) is 0.861. The average Bonchev–Trinajstić information content (AvgIpc) is 2.83. The molecule has 0 saturated heterocycles. The Morgan fingerprint density at radius 3 is 2.68 bits per heavy atom. The van der Waals surface area contributed by atoms with Crippen LogP contribution < -0.4 is 14.3 Å². The van der Waals surface area contributed by atoms with Crippen molar-refractivity contribution in [3.63, 3.8) is 0 Å². The summed E-state index contributed by atoms with van der Waals surface area (Å²) in [6, 6.07) is 5.02. The summed E-state index contributed by atoms with van der Waals surface area (Å²) in [7, 11) is 4.91. The van der Waals surface area contributed by atoms with Gasteiger partial charge in [-0.25, -0.2) is 0 Å². The second-order valence-electron chi connectivity index (χ2n) is 3.78. The van der Waals surface area contributed by atoms with Crippen LogP contribution in [0.4, 0.5) is 0 Å². The van der Waals surface area contributed by atoms with Crippen LogP contribution in [-0.2, 0) is 7.05 Å². The zero-order chi connectivity index (χ0) is 13.8. The van der Waals surface area contributed by atoms with Crippen molar-refractivity contribution in [1.29, 1.82) is 0 Å². The second-order valence-corrected chi connectivity index (χ2v) is 4.65. The van der Waals surface area contributed by atoms with E-state index in [9.17, 15) is 4.79 Å². The van der Waals surface area contributed by atoms with E-state index in [2.05, 4.69) is 4.99 Å². The van der Waals surface area contributed by atoms with E-state index in [0.717, 1.165) is 0 Å². The Labute approximate surface area is 114 Å². The van der Waals surface area contributed by atoms with E-state index in [0.29, 0.717) is 21.9 Å². The molecule has 5 nitrogen and oxygen atoms in total. The molecule has 0 atom stereocenters. The highest BCUT2D eigenvalue weighted by Crippen LogP contribution is 2.25. The molecule has 1 heterocycles. The smallest absolute Gasteiger partial charge is 0.283 e. The second kappa shape index (κ2) is 5.71. The van der Waals surface area contributed by atoms with Gasteiger partial charge in [0.2, 0.25) is 0 Å². The number of aryl methyl sites for hydroxylation is 1. The third kappa shape index (κ3) is 2.85. The molecular weight excluding hydrogens is 264 g/mol. The molecule has 0 aliphatic rings. The van der Waals surface area contributed by atoms with Gasteiger partial charge in [0.05, 0.1) is 19.8 Å². The highest BCUT2D eigenvalue weighted by atomic mass is 32.1. The molecule has 0 radical (unpaired) electrons. The molecule has 100 valence electrons. The maximum atomic E-state index is 12.1. The lowest BCUT2D eigenvalue weighted by molar-refractivity contribution is 0.0995. The molecule has 6 heteroatoms. The third-order valence-electron chi connectivity index (χ3n) is 2.60. The minimum atomic E-state index is -0.336. The lowest BCUT2D eigenvalue weighted by Gasteiger charge is -2.07. The molecule has 0 saturated carbocycles. The van der Waals surface area contributed by atoms with E-state index in [1.165, 1.54) is 18.4 Å². The molecule has 2 aromatic rings. The van der Waals surface area contributed by atoms with E-state index in [-0.39, 0.29) is 5.91 Å². The lowest BCUT2D eigenvalue weighted by atomic mass is 10.2. The van der Waals surface area contributed by atoms with Gasteiger partial charge in [-0.2, -0.15) is 4.99 Å². The van der Waals surface area contributed by atoms with E-state index >= 15 is 0 Å². The Kier molecular flexibility index (Phi) is 4.01. The van der Waals surface area contributed by atoms with Crippen LogP contribution in [0.1, 0.15) is 10.4 Å². The van der Waals surface area contributed by atoms with Crippen molar-refractivity contribution in [3.8, 4) is 11.5 Å².